The molecule has 0 saturated carbocycles. The van der Waals surface area contributed by atoms with Gasteiger partial charge in [0.05, 0.1) is 0 Å². The zero-order valence-electron chi connectivity index (χ0n) is 14.4. The molecule has 3 nitrogen and oxygen atoms in total. The molecule has 1 unspecified atom stereocenters. The summed E-state index contributed by atoms with van der Waals surface area (Å²) in [7, 11) is 2.20. The summed E-state index contributed by atoms with van der Waals surface area (Å²) in [5, 5.41) is 0. The number of aliphatic imine (C=N–C) groups is 1. The molecule has 2 aromatic rings. The maximum atomic E-state index is 5.01. The topological polar surface area (TPSA) is 18.8 Å². The van der Waals surface area contributed by atoms with Crippen molar-refractivity contribution in [1.82, 2.24) is 9.80 Å². The molecule has 0 aliphatic carbocycles. The summed E-state index contributed by atoms with van der Waals surface area (Å²) in [6, 6.07) is 19.8. The van der Waals surface area contributed by atoms with Gasteiger partial charge in [0.2, 0.25) is 0 Å². The number of amidine groups is 1. The number of hydrogen-bond donors (Lipinski definition) is 0. The fourth-order valence-electron chi connectivity index (χ4n) is 3.86. The molecule has 1 saturated heterocycles. The first kappa shape index (κ1) is 15.4. The lowest BCUT2D eigenvalue weighted by molar-refractivity contribution is 0.215. The van der Waals surface area contributed by atoms with Crippen LogP contribution in [0.1, 0.15) is 29.0 Å². The maximum Gasteiger partial charge on any atom is 0.131 e. The Morgan fingerprint density at radius 1 is 0.875 bits per heavy atom. The zero-order valence-corrected chi connectivity index (χ0v) is 14.4. The SMILES string of the molecule is CN1CCN(C2=NCCC(c3ccccc3)c3ccccc32)CC1. The van der Waals surface area contributed by atoms with E-state index in [0.717, 1.165) is 39.1 Å². The number of fused-ring (bicyclic) bond motifs is 1. The summed E-state index contributed by atoms with van der Waals surface area (Å²) in [4.78, 5) is 9.89. The molecular formula is C21H25N3. The second kappa shape index (κ2) is 6.78. The molecule has 0 radical (unpaired) electrons. The third-order valence-corrected chi connectivity index (χ3v) is 5.26. The smallest absolute Gasteiger partial charge is 0.131 e. The summed E-state index contributed by atoms with van der Waals surface area (Å²) in [6.07, 6.45) is 1.08. The highest BCUT2D eigenvalue weighted by molar-refractivity contribution is 6.00. The summed E-state index contributed by atoms with van der Waals surface area (Å²) in [5.41, 5.74) is 4.16. The summed E-state index contributed by atoms with van der Waals surface area (Å²) in [5.74, 6) is 1.65. The van der Waals surface area contributed by atoms with Crippen LogP contribution in [0.2, 0.25) is 0 Å². The second-order valence-corrected chi connectivity index (χ2v) is 6.83. The molecule has 2 aromatic carbocycles. The van der Waals surface area contributed by atoms with E-state index in [9.17, 15) is 0 Å². The lowest BCUT2D eigenvalue weighted by Gasteiger charge is -2.35. The molecule has 24 heavy (non-hydrogen) atoms. The fourth-order valence-corrected chi connectivity index (χ4v) is 3.86. The molecule has 2 aliphatic rings. The Labute approximate surface area is 144 Å². The molecular weight excluding hydrogens is 294 g/mol. The average Bonchev–Trinajstić information content (AvgIpc) is 2.83. The second-order valence-electron chi connectivity index (χ2n) is 6.83. The minimum absolute atomic E-state index is 0.441. The van der Waals surface area contributed by atoms with Crippen LogP contribution in [0.4, 0.5) is 0 Å². The van der Waals surface area contributed by atoms with Gasteiger partial charge in [0.1, 0.15) is 5.84 Å². The van der Waals surface area contributed by atoms with Gasteiger partial charge in [0.25, 0.3) is 0 Å². The molecule has 0 spiro atoms. The first-order valence-corrected chi connectivity index (χ1v) is 8.95. The number of likely N-dealkylation sites (N-methyl/N-ethyl adjacent to an activating group) is 1. The van der Waals surface area contributed by atoms with E-state index in [2.05, 4.69) is 71.4 Å². The first-order chi connectivity index (χ1) is 11.8. The number of hydrogen-bond acceptors (Lipinski definition) is 3. The fraction of sp³-hybridized carbons (Fsp3) is 0.381. The lowest BCUT2D eigenvalue weighted by Crippen LogP contribution is -2.47. The van der Waals surface area contributed by atoms with Crippen LogP contribution >= 0.6 is 0 Å². The molecule has 0 aromatic heterocycles. The third-order valence-electron chi connectivity index (χ3n) is 5.26. The Balaban J connectivity index is 1.71. The van der Waals surface area contributed by atoms with E-state index in [1.54, 1.807) is 0 Å². The highest BCUT2D eigenvalue weighted by Gasteiger charge is 2.26. The first-order valence-electron chi connectivity index (χ1n) is 8.95. The van der Waals surface area contributed by atoms with E-state index in [0.29, 0.717) is 5.92 Å². The quantitative estimate of drug-likeness (QED) is 0.804. The summed E-state index contributed by atoms with van der Waals surface area (Å²) in [6.45, 7) is 5.27. The predicted molar refractivity (Wildman–Crippen MR) is 99.8 cm³/mol. The van der Waals surface area contributed by atoms with Crippen molar-refractivity contribution in [3.63, 3.8) is 0 Å². The van der Waals surface area contributed by atoms with E-state index < -0.39 is 0 Å². The number of piperazine rings is 1. The Morgan fingerprint density at radius 2 is 1.58 bits per heavy atom. The van der Waals surface area contributed by atoms with Crippen molar-refractivity contribution in [3.05, 3.63) is 71.3 Å². The zero-order chi connectivity index (χ0) is 16.4. The maximum absolute atomic E-state index is 5.01. The molecule has 124 valence electrons. The van der Waals surface area contributed by atoms with Gasteiger partial charge in [-0.3, -0.25) is 4.99 Å². The van der Waals surface area contributed by atoms with E-state index in [4.69, 9.17) is 4.99 Å². The van der Waals surface area contributed by atoms with Gasteiger partial charge in [-0.25, -0.2) is 0 Å². The predicted octanol–water partition coefficient (Wildman–Crippen LogP) is 3.22. The summed E-state index contributed by atoms with van der Waals surface area (Å²) >= 11 is 0. The monoisotopic (exact) mass is 319 g/mol. The molecule has 0 N–H and O–H groups in total. The van der Waals surface area contributed by atoms with E-state index in [-0.39, 0.29) is 0 Å². The Kier molecular flexibility index (Phi) is 4.35. The molecule has 2 heterocycles. The van der Waals surface area contributed by atoms with Crippen LogP contribution in [0.25, 0.3) is 0 Å². The van der Waals surface area contributed by atoms with Crippen molar-refractivity contribution in [3.8, 4) is 0 Å². The Morgan fingerprint density at radius 3 is 2.38 bits per heavy atom. The average molecular weight is 319 g/mol. The Hall–Kier alpha value is -2.13. The van der Waals surface area contributed by atoms with Crippen molar-refractivity contribution < 1.29 is 0 Å². The van der Waals surface area contributed by atoms with Crippen molar-refractivity contribution >= 4 is 5.84 Å². The molecule has 1 atom stereocenters. The van der Waals surface area contributed by atoms with Crippen LogP contribution in [-0.2, 0) is 0 Å². The van der Waals surface area contributed by atoms with E-state index in [1.807, 2.05) is 0 Å². The molecule has 3 heteroatoms. The highest BCUT2D eigenvalue weighted by Crippen LogP contribution is 2.33. The van der Waals surface area contributed by atoms with Crippen LogP contribution in [-0.4, -0.2) is 55.4 Å². The van der Waals surface area contributed by atoms with E-state index in [1.165, 1.54) is 22.5 Å². The standard InChI is InChI=1S/C21H25N3/c1-23-13-15-24(16-14-23)21-20-10-6-5-9-19(20)18(11-12-22-21)17-7-3-2-4-8-17/h2-10,18H,11-16H2,1H3. The van der Waals surface area contributed by atoms with Crippen molar-refractivity contribution in [2.45, 2.75) is 12.3 Å². The molecule has 0 bridgehead atoms. The minimum atomic E-state index is 0.441. The van der Waals surface area contributed by atoms with Gasteiger partial charge >= 0.3 is 0 Å². The highest BCUT2D eigenvalue weighted by atomic mass is 15.3. The third kappa shape index (κ3) is 2.96. The molecule has 0 amide bonds. The number of rotatable bonds is 1. The van der Waals surface area contributed by atoms with Crippen molar-refractivity contribution in [1.29, 1.82) is 0 Å². The van der Waals surface area contributed by atoms with Gasteiger partial charge in [-0.05, 0) is 24.6 Å². The van der Waals surface area contributed by atoms with Gasteiger partial charge in [0, 0.05) is 44.2 Å². The summed E-state index contributed by atoms with van der Waals surface area (Å²) < 4.78 is 0. The Bertz CT molecular complexity index is 715. The van der Waals surface area contributed by atoms with Crippen molar-refractivity contribution in [2.24, 2.45) is 4.99 Å². The van der Waals surface area contributed by atoms with Gasteiger partial charge in [-0.15, -0.1) is 0 Å². The largest absolute Gasteiger partial charge is 0.354 e. The van der Waals surface area contributed by atoms with Gasteiger partial charge < -0.3 is 9.80 Å². The number of nitrogens with zero attached hydrogens (tertiary/aromatic N) is 3. The molecule has 1 fully saturated rings. The minimum Gasteiger partial charge on any atom is -0.354 e. The van der Waals surface area contributed by atoms with Crippen LogP contribution in [0.5, 0.6) is 0 Å². The van der Waals surface area contributed by atoms with Crippen LogP contribution in [0.3, 0.4) is 0 Å². The van der Waals surface area contributed by atoms with Gasteiger partial charge in [0.15, 0.2) is 0 Å². The van der Waals surface area contributed by atoms with Crippen LogP contribution in [0.15, 0.2) is 59.6 Å². The van der Waals surface area contributed by atoms with Crippen molar-refractivity contribution in [2.75, 3.05) is 39.8 Å². The van der Waals surface area contributed by atoms with E-state index >= 15 is 0 Å². The van der Waals surface area contributed by atoms with Crippen LogP contribution in [0, 0.1) is 0 Å². The molecule has 2 aliphatic heterocycles. The van der Waals surface area contributed by atoms with Gasteiger partial charge in [-0.2, -0.15) is 0 Å². The van der Waals surface area contributed by atoms with Crippen LogP contribution < -0.4 is 0 Å². The number of benzene rings is 2. The van der Waals surface area contributed by atoms with Gasteiger partial charge in [-0.1, -0.05) is 54.6 Å². The normalized spacial score (nSPS) is 21.8. The lowest BCUT2D eigenvalue weighted by atomic mass is 9.86. The molecule has 4 rings (SSSR count).